The van der Waals surface area contributed by atoms with Gasteiger partial charge >= 0.3 is 0 Å². The highest BCUT2D eigenvalue weighted by molar-refractivity contribution is 5.94. The molecule has 0 aliphatic carbocycles. The molecule has 5 aromatic carbocycles. The van der Waals surface area contributed by atoms with E-state index in [0.29, 0.717) is 0 Å². The maximum Gasteiger partial charge on any atom is 0.160 e. The lowest BCUT2D eigenvalue weighted by Gasteiger charge is -2.44. The third kappa shape index (κ3) is 4.55. The standard InChI is InChI=1S/C43H32N4O/c1-2-9-29(10-3-1)42-46-38-15-6-4-13-35(38)41(47-42)32-12-8-11-30(27-32)31-17-18-40-37(28-31)43(33-19-23-44-24-20-33,34-21-25-45-26-22-34)36-14-5-7-16-39(36)48-40/h1-23,25,27-28,44-45H,24,26H2. The molecule has 2 N–H and O–H groups in total. The molecule has 3 aliphatic rings. The van der Waals surface area contributed by atoms with Crippen molar-refractivity contribution in [3.05, 3.63) is 180 Å². The molecule has 4 heterocycles. The molecule has 0 spiro atoms. The highest BCUT2D eigenvalue weighted by Gasteiger charge is 2.47. The van der Waals surface area contributed by atoms with Gasteiger partial charge in [-0.2, -0.15) is 0 Å². The molecule has 0 atom stereocenters. The van der Waals surface area contributed by atoms with Gasteiger partial charge < -0.3 is 15.4 Å². The summed E-state index contributed by atoms with van der Waals surface area (Å²) in [4.78, 5) is 10.1. The van der Waals surface area contributed by atoms with Crippen molar-refractivity contribution in [1.29, 1.82) is 0 Å². The molecule has 48 heavy (non-hydrogen) atoms. The molecule has 0 amide bonds. The van der Waals surface area contributed by atoms with Crippen molar-refractivity contribution in [1.82, 2.24) is 20.6 Å². The summed E-state index contributed by atoms with van der Waals surface area (Å²) < 4.78 is 6.65. The van der Waals surface area contributed by atoms with Crippen LogP contribution in [0.5, 0.6) is 11.5 Å². The summed E-state index contributed by atoms with van der Waals surface area (Å²) >= 11 is 0. The van der Waals surface area contributed by atoms with Gasteiger partial charge in [0.05, 0.1) is 16.6 Å². The summed E-state index contributed by atoms with van der Waals surface area (Å²) in [5, 5.41) is 7.74. The topological polar surface area (TPSA) is 59.1 Å². The zero-order chi connectivity index (χ0) is 31.9. The summed E-state index contributed by atoms with van der Waals surface area (Å²) in [6.07, 6.45) is 13.2. The summed E-state index contributed by atoms with van der Waals surface area (Å²) in [5.74, 6) is 2.46. The van der Waals surface area contributed by atoms with Gasteiger partial charge in [0.2, 0.25) is 0 Å². The molecular formula is C43H32N4O. The third-order valence-corrected chi connectivity index (χ3v) is 9.51. The minimum atomic E-state index is -0.553. The summed E-state index contributed by atoms with van der Waals surface area (Å²) in [5.41, 5.74) is 10.3. The van der Waals surface area contributed by atoms with Crippen molar-refractivity contribution in [2.24, 2.45) is 0 Å². The fourth-order valence-corrected chi connectivity index (χ4v) is 7.33. The van der Waals surface area contributed by atoms with Crippen molar-refractivity contribution in [3.8, 4) is 45.3 Å². The van der Waals surface area contributed by atoms with Crippen LogP contribution in [0.3, 0.4) is 0 Å². The Bertz CT molecular complexity index is 2300. The van der Waals surface area contributed by atoms with Crippen LogP contribution >= 0.6 is 0 Å². The molecule has 3 aliphatic heterocycles. The molecule has 6 aromatic rings. The number of nitrogens with zero attached hydrogens (tertiary/aromatic N) is 2. The van der Waals surface area contributed by atoms with E-state index in [9.17, 15) is 0 Å². The van der Waals surface area contributed by atoms with Crippen LogP contribution in [0.25, 0.3) is 44.7 Å². The Hall–Kier alpha value is -6.20. The molecule has 0 radical (unpaired) electrons. The third-order valence-electron chi connectivity index (χ3n) is 9.51. The van der Waals surface area contributed by atoms with E-state index in [1.54, 1.807) is 0 Å². The second-order valence-electron chi connectivity index (χ2n) is 12.2. The summed E-state index contributed by atoms with van der Waals surface area (Å²) in [6, 6.07) is 42.2. The van der Waals surface area contributed by atoms with Crippen molar-refractivity contribution >= 4 is 10.9 Å². The van der Waals surface area contributed by atoms with Gasteiger partial charge in [-0.3, -0.25) is 0 Å². The zero-order valence-electron chi connectivity index (χ0n) is 26.2. The van der Waals surface area contributed by atoms with Crippen LogP contribution in [0, 0.1) is 0 Å². The van der Waals surface area contributed by atoms with Gasteiger partial charge in [0.15, 0.2) is 5.82 Å². The maximum atomic E-state index is 6.65. The van der Waals surface area contributed by atoms with Crippen LogP contribution in [0.1, 0.15) is 11.1 Å². The number of dihydropyridines is 2. The molecule has 230 valence electrons. The Morgan fingerprint density at radius 3 is 2.00 bits per heavy atom. The SMILES string of the molecule is C1=CC(C2(C3=CCNC=C3)c3ccccc3Oc3ccc(-c4cccc(-c5nc(-c6ccccc6)nc6ccccc56)c4)cc32)=CCN1. The number of nitrogens with one attached hydrogen (secondary N) is 2. The first-order valence-electron chi connectivity index (χ1n) is 16.3. The second kappa shape index (κ2) is 11.6. The lowest BCUT2D eigenvalue weighted by atomic mass is 9.61. The Balaban J connectivity index is 1.24. The molecule has 5 nitrogen and oxygen atoms in total. The summed E-state index contributed by atoms with van der Waals surface area (Å²) in [6.45, 7) is 1.53. The molecule has 0 unspecified atom stereocenters. The summed E-state index contributed by atoms with van der Waals surface area (Å²) in [7, 11) is 0. The van der Waals surface area contributed by atoms with E-state index < -0.39 is 5.41 Å². The van der Waals surface area contributed by atoms with Gasteiger partial charge in [-0.15, -0.1) is 0 Å². The number of fused-ring (bicyclic) bond motifs is 3. The average Bonchev–Trinajstić information content (AvgIpc) is 3.17. The van der Waals surface area contributed by atoms with Crippen LogP contribution in [0.4, 0.5) is 0 Å². The first-order valence-corrected chi connectivity index (χ1v) is 16.3. The number of rotatable bonds is 5. The van der Waals surface area contributed by atoms with E-state index in [0.717, 1.165) is 80.4 Å². The van der Waals surface area contributed by atoms with Gasteiger partial charge in [-0.1, -0.05) is 103 Å². The largest absolute Gasteiger partial charge is 0.457 e. The number of hydrogen-bond acceptors (Lipinski definition) is 5. The van der Waals surface area contributed by atoms with E-state index in [1.807, 2.05) is 30.3 Å². The first kappa shape index (κ1) is 28.1. The van der Waals surface area contributed by atoms with Crippen LogP contribution < -0.4 is 15.4 Å². The monoisotopic (exact) mass is 620 g/mol. The van der Waals surface area contributed by atoms with Crippen molar-refractivity contribution in [3.63, 3.8) is 0 Å². The number of para-hydroxylation sites is 2. The fourth-order valence-electron chi connectivity index (χ4n) is 7.33. The molecule has 0 saturated carbocycles. The Morgan fingerprint density at radius 2 is 1.21 bits per heavy atom. The number of aromatic nitrogens is 2. The normalized spacial score (nSPS) is 15.7. The maximum absolute atomic E-state index is 6.65. The van der Waals surface area contributed by atoms with Crippen LogP contribution in [0.15, 0.2) is 169 Å². The van der Waals surface area contributed by atoms with E-state index in [1.165, 1.54) is 11.1 Å². The highest BCUT2D eigenvalue weighted by Crippen LogP contribution is 2.57. The zero-order valence-corrected chi connectivity index (χ0v) is 26.2. The molecule has 1 aromatic heterocycles. The van der Waals surface area contributed by atoms with Gasteiger partial charge in [0.25, 0.3) is 0 Å². The molecule has 9 rings (SSSR count). The van der Waals surface area contributed by atoms with E-state index in [-0.39, 0.29) is 0 Å². The van der Waals surface area contributed by atoms with E-state index >= 15 is 0 Å². The quantitative estimate of drug-likeness (QED) is 0.201. The van der Waals surface area contributed by atoms with Crippen LogP contribution in [-0.4, -0.2) is 23.1 Å². The number of hydrogen-bond donors (Lipinski definition) is 2. The number of benzene rings is 5. The van der Waals surface area contributed by atoms with E-state index in [4.69, 9.17) is 14.7 Å². The average molecular weight is 621 g/mol. The smallest absolute Gasteiger partial charge is 0.160 e. The van der Waals surface area contributed by atoms with Crippen molar-refractivity contribution < 1.29 is 4.74 Å². The number of allylic oxidation sites excluding steroid dienone is 4. The van der Waals surface area contributed by atoms with Crippen LogP contribution in [-0.2, 0) is 5.41 Å². The van der Waals surface area contributed by atoms with Crippen molar-refractivity contribution in [2.75, 3.05) is 13.1 Å². The lowest BCUT2D eigenvalue weighted by Crippen LogP contribution is -2.37. The highest BCUT2D eigenvalue weighted by atomic mass is 16.5. The first-order chi connectivity index (χ1) is 23.8. The van der Waals surface area contributed by atoms with Crippen molar-refractivity contribution in [2.45, 2.75) is 5.41 Å². The number of ether oxygens (including phenoxy) is 1. The second-order valence-corrected chi connectivity index (χ2v) is 12.2. The fraction of sp³-hybridized carbons (Fsp3) is 0.0698. The Labute approximate surface area is 279 Å². The predicted octanol–water partition coefficient (Wildman–Crippen LogP) is 9.11. The molecule has 0 bridgehead atoms. The lowest BCUT2D eigenvalue weighted by molar-refractivity contribution is 0.433. The molecule has 0 fully saturated rings. The van der Waals surface area contributed by atoms with Crippen LogP contribution in [0.2, 0.25) is 0 Å². The van der Waals surface area contributed by atoms with Gasteiger partial charge in [-0.25, -0.2) is 9.97 Å². The van der Waals surface area contributed by atoms with Gasteiger partial charge in [-0.05, 0) is 77.2 Å². The molecular weight excluding hydrogens is 589 g/mol. The minimum absolute atomic E-state index is 0.553. The van der Waals surface area contributed by atoms with E-state index in [2.05, 4.69) is 138 Å². The molecule has 5 heteroatoms. The predicted molar refractivity (Wildman–Crippen MR) is 194 cm³/mol. The Morgan fingerprint density at radius 1 is 0.542 bits per heavy atom. The minimum Gasteiger partial charge on any atom is -0.457 e. The Kier molecular flexibility index (Phi) is 6.75. The van der Waals surface area contributed by atoms with Gasteiger partial charge in [0, 0.05) is 40.7 Å². The molecule has 0 saturated heterocycles. The van der Waals surface area contributed by atoms with Gasteiger partial charge in [0.1, 0.15) is 11.5 Å².